The largest absolute Gasteiger partial charge is 0.459 e. The van der Waals surface area contributed by atoms with E-state index >= 15 is 0 Å². The van der Waals surface area contributed by atoms with Gasteiger partial charge in [0.25, 0.3) is 0 Å². The molecular weight excluding hydrogens is 480 g/mol. The van der Waals surface area contributed by atoms with Crippen molar-refractivity contribution in [2.24, 2.45) is 35.0 Å². The third-order valence-corrected chi connectivity index (χ3v) is 11.0. The molecule has 0 aliphatic heterocycles. The first kappa shape index (κ1) is 29.5. The normalized spacial score (nSPS) is 41.5. The number of carbonyl (C=O) groups is 2. The molecule has 2 unspecified atom stereocenters. The zero-order chi connectivity index (χ0) is 28.1. The molecule has 3 N–H and O–H groups in total. The average Bonchev–Trinajstić information content (AvgIpc) is 3.52. The molecule has 2 fully saturated rings. The molecule has 0 aromatic rings. The van der Waals surface area contributed by atoms with Crippen molar-refractivity contribution in [1.82, 2.24) is 0 Å². The van der Waals surface area contributed by atoms with Gasteiger partial charge in [-0.3, -0.25) is 9.59 Å². The highest BCUT2D eigenvalue weighted by atomic mass is 16.6. The number of rotatable bonds is 10. The number of aliphatic hydroxyl groups is 3. The molecule has 0 saturated heterocycles. The highest BCUT2D eigenvalue weighted by Crippen LogP contribution is 2.63. The fraction of sp³-hybridized carbons (Fsp3) is 0.812. The smallest absolute Gasteiger partial charge is 0.306 e. The van der Waals surface area contributed by atoms with Crippen molar-refractivity contribution in [2.75, 3.05) is 6.61 Å². The summed E-state index contributed by atoms with van der Waals surface area (Å²) in [6.07, 6.45) is 12.6. The third-order valence-electron chi connectivity index (χ3n) is 11.0. The van der Waals surface area contributed by atoms with Gasteiger partial charge < -0.3 is 20.1 Å². The fourth-order valence-corrected chi connectivity index (χ4v) is 7.95. The molecule has 0 aromatic carbocycles. The van der Waals surface area contributed by atoms with E-state index in [2.05, 4.69) is 6.92 Å². The number of carbonyl (C=O) groups excluding carboxylic acids is 2. The molecule has 2 saturated carbocycles. The zero-order valence-electron chi connectivity index (χ0n) is 24.4. The number of hydrogen-bond donors (Lipinski definition) is 3. The lowest BCUT2D eigenvalue weighted by molar-refractivity contribution is -0.245. The second kappa shape index (κ2) is 10.5. The Bertz CT molecular complexity index is 996. The number of ether oxygens (including phenoxy) is 1. The van der Waals surface area contributed by atoms with Crippen molar-refractivity contribution in [1.29, 1.82) is 0 Å². The van der Waals surface area contributed by atoms with Crippen LogP contribution in [0.1, 0.15) is 106 Å². The van der Waals surface area contributed by atoms with Gasteiger partial charge in [-0.25, -0.2) is 0 Å². The van der Waals surface area contributed by atoms with Crippen LogP contribution in [0.4, 0.5) is 0 Å². The number of aliphatic hydroxyl groups excluding tert-OH is 1. The fourth-order valence-electron chi connectivity index (χ4n) is 7.95. The Balaban J connectivity index is 1.45. The van der Waals surface area contributed by atoms with Gasteiger partial charge in [0.15, 0.2) is 5.78 Å². The van der Waals surface area contributed by atoms with Crippen LogP contribution in [-0.2, 0) is 14.3 Å². The quantitative estimate of drug-likeness (QED) is 0.202. The van der Waals surface area contributed by atoms with Gasteiger partial charge in [0.2, 0.25) is 0 Å². The second-order valence-corrected chi connectivity index (χ2v) is 13.9. The van der Waals surface area contributed by atoms with Gasteiger partial charge in [0.05, 0.1) is 12.2 Å². The number of unbranched alkanes of at least 4 members (excludes halogenated alkanes) is 4. The Morgan fingerprint density at radius 3 is 2.29 bits per heavy atom. The number of ketones is 1. The zero-order valence-corrected chi connectivity index (χ0v) is 24.4. The third kappa shape index (κ3) is 4.94. The molecule has 214 valence electrons. The molecule has 6 heteroatoms. The predicted octanol–water partition coefficient (Wildman–Crippen LogP) is 5.29. The molecular formula is C32H50O6. The maximum Gasteiger partial charge on any atom is 0.306 e. The van der Waals surface area contributed by atoms with Crippen LogP contribution in [-0.4, -0.2) is 50.5 Å². The van der Waals surface area contributed by atoms with Crippen LogP contribution in [0.2, 0.25) is 0 Å². The monoisotopic (exact) mass is 530 g/mol. The minimum absolute atomic E-state index is 0.0152. The minimum Gasteiger partial charge on any atom is -0.459 e. The topological polar surface area (TPSA) is 104 Å². The van der Waals surface area contributed by atoms with Gasteiger partial charge >= 0.3 is 5.97 Å². The SMILES string of the molecule is CC1=C[C@H]2[C@@]3(O)[C@H](C)C[C@@](C)(OC(=O)CCCCCCCC4CC4C)C(C)(C)[C@@H]3C=C(CO)C[C@]2(O)C1=O. The van der Waals surface area contributed by atoms with Crippen molar-refractivity contribution in [3.63, 3.8) is 0 Å². The summed E-state index contributed by atoms with van der Waals surface area (Å²) in [6.45, 7) is 11.5. The summed E-state index contributed by atoms with van der Waals surface area (Å²) < 4.78 is 6.24. The van der Waals surface area contributed by atoms with E-state index in [4.69, 9.17) is 4.74 Å². The molecule has 4 rings (SSSR count). The van der Waals surface area contributed by atoms with Crippen LogP contribution in [0.3, 0.4) is 0 Å². The summed E-state index contributed by atoms with van der Waals surface area (Å²) in [5.74, 6) is -0.439. The Morgan fingerprint density at radius 2 is 1.66 bits per heavy atom. The van der Waals surface area contributed by atoms with Crippen molar-refractivity contribution in [2.45, 2.75) is 123 Å². The van der Waals surface area contributed by atoms with Gasteiger partial charge in [-0.1, -0.05) is 72.0 Å². The highest BCUT2D eigenvalue weighted by Gasteiger charge is 2.69. The molecule has 0 amide bonds. The summed E-state index contributed by atoms with van der Waals surface area (Å²) in [5, 5.41) is 34.1. The molecule has 38 heavy (non-hydrogen) atoms. The molecule has 4 aliphatic rings. The van der Waals surface area contributed by atoms with Crippen LogP contribution in [0.25, 0.3) is 0 Å². The summed E-state index contributed by atoms with van der Waals surface area (Å²) in [7, 11) is 0. The van der Waals surface area contributed by atoms with E-state index in [0.717, 1.165) is 31.1 Å². The maximum absolute atomic E-state index is 13.1. The van der Waals surface area contributed by atoms with E-state index in [9.17, 15) is 24.9 Å². The number of esters is 1. The van der Waals surface area contributed by atoms with Crippen LogP contribution in [0.5, 0.6) is 0 Å². The maximum atomic E-state index is 13.1. The molecule has 0 spiro atoms. The van der Waals surface area contributed by atoms with Crippen molar-refractivity contribution >= 4 is 11.8 Å². The van der Waals surface area contributed by atoms with Gasteiger partial charge in [0, 0.05) is 30.1 Å². The van der Waals surface area contributed by atoms with Crippen LogP contribution in [0.15, 0.2) is 23.3 Å². The van der Waals surface area contributed by atoms with Gasteiger partial charge in [-0.05, 0) is 62.0 Å². The summed E-state index contributed by atoms with van der Waals surface area (Å²) in [4.78, 5) is 26.1. The molecule has 0 heterocycles. The Hall–Kier alpha value is -1.50. The lowest BCUT2D eigenvalue weighted by Gasteiger charge is -2.61. The van der Waals surface area contributed by atoms with E-state index in [0.29, 0.717) is 24.0 Å². The lowest BCUT2D eigenvalue weighted by Crippen LogP contribution is -2.68. The summed E-state index contributed by atoms with van der Waals surface area (Å²) >= 11 is 0. The van der Waals surface area contributed by atoms with Crippen molar-refractivity contribution in [3.8, 4) is 0 Å². The van der Waals surface area contributed by atoms with Crippen LogP contribution >= 0.6 is 0 Å². The van der Waals surface area contributed by atoms with Gasteiger partial charge in [0.1, 0.15) is 11.2 Å². The molecule has 4 aliphatic carbocycles. The summed E-state index contributed by atoms with van der Waals surface area (Å²) in [6, 6.07) is 0. The van der Waals surface area contributed by atoms with E-state index in [1.54, 1.807) is 13.0 Å². The van der Waals surface area contributed by atoms with E-state index in [1.165, 1.54) is 25.7 Å². The molecule has 8 atom stereocenters. The Labute approximate surface area is 228 Å². The van der Waals surface area contributed by atoms with Gasteiger partial charge in [-0.2, -0.15) is 0 Å². The first-order valence-electron chi connectivity index (χ1n) is 14.9. The van der Waals surface area contributed by atoms with Gasteiger partial charge in [-0.15, -0.1) is 0 Å². The molecule has 0 aromatic heterocycles. The van der Waals surface area contributed by atoms with Crippen molar-refractivity contribution < 1.29 is 29.6 Å². The van der Waals surface area contributed by atoms with Crippen LogP contribution < -0.4 is 0 Å². The molecule has 0 radical (unpaired) electrons. The number of hydrogen-bond acceptors (Lipinski definition) is 6. The standard InChI is InChI=1S/C32H50O6/c1-20-14-24(20)12-10-8-7-9-11-13-27(34)38-30(6)17-22(3)32(37)25(29(30,4)5)16-23(19-33)18-31(36)26(32)15-21(2)28(31)35/h15-16,20,22,24-26,33,36-37H,7-14,17-19H2,1-6H3/t20?,22-,24?,25+,26-,30-,31-,32-/m1/s1. The lowest BCUT2D eigenvalue weighted by atomic mass is 9.48. The molecule has 0 bridgehead atoms. The second-order valence-electron chi connectivity index (χ2n) is 13.9. The first-order chi connectivity index (χ1) is 17.7. The average molecular weight is 531 g/mol. The first-order valence-corrected chi connectivity index (χ1v) is 14.9. The minimum atomic E-state index is -1.78. The van der Waals surface area contributed by atoms with E-state index in [1.807, 2.05) is 33.8 Å². The predicted molar refractivity (Wildman–Crippen MR) is 147 cm³/mol. The Morgan fingerprint density at radius 1 is 1.03 bits per heavy atom. The van der Waals surface area contributed by atoms with E-state index in [-0.39, 0.29) is 30.7 Å². The number of fused-ring (bicyclic) bond motifs is 3. The van der Waals surface area contributed by atoms with Crippen LogP contribution in [0, 0.1) is 35.0 Å². The molecule has 6 nitrogen and oxygen atoms in total. The number of Topliss-reactive ketones (excluding diaryl/α,β-unsaturated/α-hetero) is 1. The van der Waals surface area contributed by atoms with E-state index < -0.39 is 34.1 Å². The summed E-state index contributed by atoms with van der Waals surface area (Å²) in [5.41, 5.74) is -3.83. The van der Waals surface area contributed by atoms with Crippen molar-refractivity contribution in [3.05, 3.63) is 23.3 Å². The Kier molecular flexibility index (Phi) is 8.13. The highest BCUT2D eigenvalue weighted by molar-refractivity contribution is 6.04.